The first-order valence-corrected chi connectivity index (χ1v) is 13.3. The lowest BCUT2D eigenvalue weighted by molar-refractivity contribution is -0.155. The molecule has 0 aromatic heterocycles. The summed E-state index contributed by atoms with van der Waals surface area (Å²) in [5.74, 6) is -1.67. The zero-order valence-electron chi connectivity index (χ0n) is 19.8. The van der Waals surface area contributed by atoms with Crippen LogP contribution in [0.1, 0.15) is 54.4 Å². The third-order valence-electron chi connectivity index (χ3n) is 7.45. The number of hydrogen-bond acceptors (Lipinski definition) is 5. The molecule has 0 heterocycles. The SMILES string of the molecule is COC(=O)C1=CC=C2C(C)(C)CC[C@@H](O[Si](C)(C)C(C)(C)C)[C@]2(C)[C@@H]1C(=O)OC. The van der Waals surface area contributed by atoms with E-state index in [1.54, 1.807) is 6.08 Å². The number of rotatable bonds is 4. The van der Waals surface area contributed by atoms with Crippen molar-refractivity contribution in [2.75, 3.05) is 14.2 Å². The van der Waals surface area contributed by atoms with Crippen molar-refractivity contribution < 1.29 is 23.5 Å². The summed E-state index contributed by atoms with van der Waals surface area (Å²) in [5.41, 5.74) is 0.699. The molecule has 0 N–H and O–H groups in total. The van der Waals surface area contributed by atoms with Crippen molar-refractivity contribution in [3.8, 4) is 0 Å². The number of allylic oxidation sites excluding steroid dienone is 2. The highest BCUT2D eigenvalue weighted by molar-refractivity contribution is 6.74. The number of carbonyl (C=O) groups excluding carboxylic acids is 2. The molecule has 0 saturated heterocycles. The van der Waals surface area contributed by atoms with Gasteiger partial charge >= 0.3 is 11.9 Å². The van der Waals surface area contributed by atoms with Gasteiger partial charge in [-0.15, -0.1) is 0 Å². The van der Waals surface area contributed by atoms with E-state index in [2.05, 4.69) is 54.6 Å². The zero-order valence-corrected chi connectivity index (χ0v) is 20.8. The third-order valence-corrected chi connectivity index (χ3v) is 11.9. The molecule has 0 aliphatic heterocycles. The van der Waals surface area contributed by atoms with Gasteiger partial charge in [0.15, 0.2) is 8.32 Å². The summed E-state index contributed by atoms with van der Waals surface area (Å²) in [5, 5.41) is 0.0383. The van der Waals surface area contributed by atoms with Gasteiger partial charge < -0.3 is 13.9 Å². The first kappa shape index (κ1) is 23.9. The maximum atomic E-state index is 13.0. The van der Waals surface area contributed by atoms with Gasteiger partial charge in [-0.3, -0.25) is 4.79 Å². The van der Waals surface area contributed by atoms with E-state index in [-0.39, 0.29) is 16.6 Å². The highest BCUT2D eigenvalue weighted by Gasteiger charge is 2.59. The first-order valence-electron chi connectivity index (χ1n) is 10.4. The third kappa shape index (κ3) is 3.98. The quantitative estimate of drug-likeness (QED) is 0.469. The average molecular weight is 423 g/mol. The van der Waals surface area contributed by atoms with E-state index in [0.717, 1.165) is 18.4 Å². The highest BCUT2D eigenvalue weighted by atomic mass is 28.4. The Bertz CT molecular complexity index is 741. The summed E-state index contributed by atoms with van der Waals surface area (Å²) in [7, 11) is 0.603. The van der Waals surface area contributed by atoms with Crippen LogP contribution in [-0.4, -0.2) is 40.6 Å². The molecule has 164 valence electrons. The number of esters is 2. The van der Waals surface area contributed by atoms with Crippen LogP contribution in [0.3, 0.4) is 0 Å². The zero-order chi connectivity index (χ0) is 22.4. The minimum absolute atomic E-state index is 0.0383. The molecule has 2 rings (SSSR count). The van der Waals surface area contributed by atoms with E-state index in [4.69, 9.17) is 13.9 Å². The molecule has 2 aliphatic carbocycles. The lowest BCUT2D eigenvalue weighted by Crippen LogP contribution is -2.58. The Balaban J connectivity index is 2.67. The van der Waals surface area contributed by atoms with Crippen LogP contribution < -0.4 is 0 Å². The van der Waals surface area contributed by atoms with Crippen LogP contribution in [-0.2, 0) is 23.5 Å². The second-order valence-electron chi connectivity index (χ2n) is 10.7. The Kier molecular flexibility index (Phi) is 6.33. The molecule has 0 aromatic carbocycles. The molecule has 1 saturated carbocycles. The summed E-state index contributed by atoms with van der Waals surface area (Å²) >= 11 is 0. The summed E-state index contributed by atoms with van der Waals surface area (Å²) in [6.07, 6.45) is 5.35. The van der Waals surface area contributed by atoms with E-state index in [1.807, 2.05) is 6.08 Å². The van der Waals surface area contributed by atoms with Crippen LogP contribution in [0.25, 0.3) is 0 Å². The van der Waals surface area contributed by atoms with E-state index >= 15 is 0 Å². The van der Waals surface area contributed by atoms with Gasteiger partial charge in [0, 0.05) is 5.41 Å². The van der Waals surface area contributed by atoms with Crippen LogP contribution >= 0.6 is 0 Å². The van der Waals surface area contributed by atoms with E-state index < -0.39 is 31.6 Å². The van der Waals surface area contributed by atoms with Gasteiger partial charge in [0.1, 0.15) is 5.92 Å². The minimum Gasteiger partial charge on any atom is -0.469 e. The molecule has 0 spiro atoms. The molecule has 29 heavy (non-hydrogen) atoms. The predicted molar refractivity (Wildman–Crippen MR) is 117 cm³/mol. The maximum Gasteiger partial charge on any atom is 0.334 e. The molecule has 0 aromatic rings. The van der Waals surface area contributed by atoms with Crippen LogP contribution in [0.4, 0.5) is 0 Å². The fourth-order valence-corrected chi connectivity index (χ4v) is 6.10. The number of hydrogen-bond donors (Lipinski definition) is 0. The van der Waals surface area contributed by atoms with E-state index in [0.29, 0.717) is 5.57 Å². The Hall–Kier alpha value is -1.40. The van der Waals surface area contributed by atoms with Crippen molar-refractivity contribution in [2.24, 2.45) is 16.7 Å². The Morgan fingerprint density at radius 3 is 2.14 bits per heavy atom. The van der Waals surface area contributed by atoms with Gasteiger partial charge in [-0.2, -0.15) is 0 Å². The van der Waals surface area contributed by atoms with E-state index in [9.17, 15) is 9.59 Å². The number of fused-ring (bicyclic) bond motifs is 1. The normalized spacial score (nSPS) is 29.3. The first-order chi connectivity index (χ1) is 13.1. The fraction of sp³-hybridized carbons (Fsp3) is 0.739. The Morgan fingerprint density at radius 2 is 1.66 bits per heavy atom. The summed E-state index contributed by atoms with van der Waals surface area (Å²) in [6.45, 7) is 17.6. The molecule has 3 atom stereocenters. The van der Waals surface area contributed by atoms with Crippen molar-refractivity contribution in [2.45, 2.75) is 78.6 Å². The number of methoxy groups -OCH3 is 2. The molecule has 0 radical (unpaired) electrons. The lowest BCUT2D eigenvalue weighted by Gasteiger charge is -2.56. The van der Waals surface area contributed by atoms with Gasteiger partial charge in [-0.05, 0) is 36.4 Å². The number of carbonyl (C=O) groups is 2. The van der Waals surface area contributed by atoms with Crippen molar-refractivity contribution in [1.29, 1.82) is 0 Å². The molecule has 0 unspecified atom stereocenters. The number of ether oxygens (including phenoxy) is 2. The van der Waals surface area contributed by atoms with Crippen molar-refractivity contribution in [3.05, 3.63) is 23.3 Å². The fourth-order valence-electron chi connectivity index (χ4n) is 4.68. The summed E-state index contributed by atoms with van der Waals surface area (Å²) in [4.78, 5) is 25.6. The minimum atomic E-state index is -2.11. The van der Waals surface area contributed by atoms with Crippen LogP contribution in [0, 0.1) is 16.7 Å². The molecule has 2 aliphatic rings. The molecular weight excluding hydrogens is 384 g/mol. The molecule has 6 heteroatoms. The van der Waals surface area contributed by atoms with Crippen LogP contribution in [0.5, 0.6) is 0 Å². The largest absolute Gasteiger partial charge is 0.469 e. The summed E-state index contributed by atoms with van der Waals surface area (Å²) in [6, 6.07) is 0. The monoisotopic (exact) mass is 422 g/mol. The Labute approximate surface area is 177 Å². The van der Waals surface area contributed by atoms with Gasteiger partial charge in [-0.25, -0.2) is 4.79 Å². The molecule has 0 amide bonds. The maximum absolute atomic E-state index is 13.0. The second kappa shape index (κ2) is 7.69. The molecule has 0 bridgehead atoms. The predicted octanol–water partition coefficient (Wildman–Crippen LogP) is 5.03. The van der Waals surface area contributed by atoms with Gasteiger partial charge in [0.05, 0.1) is 25.9 Å². The Morgan fingerprint density at radius 1 is 1.07 bits per heavy atom. The van der Waals surface area contributed by atoms with Gasteiger partial charge in [0.2, 0.25) is 0 Å². The van der Waals surface area contributed by atoms with Crippen molar-refractivity contribution in [1.82, 2.24) is 0 Å². The standard InChI is InChI=1S/C23H38O5Si/c1-21(2,3)29(9,10)28-17-13-14-22(4,5)16-12-11-15(19(24)26-7)18(20(25)27-8)23(16,17)6/h11-12,17-18H,13-14H2,1-10H3/t17-,18+,23-/m1/s1. The smallest absolute Gasteiger partial charge is 0.334 e. The summed E-state index contributed by atoms with van der Waals surface area (Å²) < 4.78 is 17.1. The van der Waals surface area contributed by atoms with Gasteiger partial charge in [0.25, 0.3) is 0 Å². The molecule has 5 nitrogen and oxygen atoms in total. The van der Waals surface area contributed by atoms with Crippen molar-refractivity contribution in [3.63, 3.8) is 0 Å². The molecule has 1 fully saturated rings. The second-order valence-corrected chi connectivity index (χ2v) is 15.5. The lowest BCUT2D eigenvalue weighted by atomic mass is 9.52. The average Bonchev–Trinajstić information content (AvgIpc) is 2.61. The van der Waals surface area contributed by atoms with Crippen LogP contribution in [0.2, 0.25) is 18.1 Å². The van der Waals surface area contributed by atoms with Crippen molar-refractivity contribution >= 4 is 20.3 Å². The van der Waals surface area contributed by atoms with E-state index in [1.165, 1.54) is 14.2 Å². The van der Waals surface area contributed by atoms with Gasteiger partial charge in [-0.1, -0.05) is 59.3 Å². The van der Waals surface area contributed by atoms with Crippen LogP contribution in [0.15, 0.2) is 23.3 Å². The highest BCUT2D eigenvalue weighted by Crippen LogP contribution is 2.59. The topological polar surface area (TPSA) is 61.8 Å². The molecular formula is C23H38O5Si.